The molecule has 0 spiro atoms. The summed E-state index contributed by atoms with van der Waals surface area (Å²) >= 11 is 0. The van der Waals surface area contributed by atoms with Crippen LogP contribution in [0.15, 0.2) is 18.2 Å². The highest BCUT2D eigenvalue weighted by molar-refractivity contribution is 5.35. The van der Waals surface area contributed by atoms with Crippen molar-refractivity contribution in [1.82, 2.24) is 0 Å². The molecule has 0 aromatic heterocycles. The summed E-state index contributed by atoms with van der Waals surface area (Å²) in [5, 5.41) is 10.5. The molecule has 1 aromatic carbocycles. The molecule has 0 aliphatic heterocycles. The minimum Gasteiger partial charge on any atom is -0.325 e. The van der Waals surface area contributed by atoms with Crippen LogP contribution < -0.4 is 5.73 Å². The van der Waals surface area contributed by atoms with Crippen LogP contribution in [0.1, 0.15) is 24.8 Å². The number of rotatable bonds is 4. The van der Waals surface area contributed by atoms with Gasteiger partial charge in [-0.25, -0.2) is 4.39 Å². The lowest BCUT2D eigenvalue weighted by molar-refractivity contribution is -0.385. The maximum atomic E-state index is 13.4. The van der Waals surface area contributed by atoms with E-state index in [2.05, 4.69) is 0 Å². The topological polar surface area (TPSA) is 69.2 Å². The second-order valence-electron chi connectivity index (χ2n) is 4.40. The van der Waals surface area contributed by atoms with E-state index in [0.717, 1.165) is 18.9 Å². The maximum Gasteiger partial charge on any atom is 0.269 e. The largest absolute Gasteiger partial charge is 0.325 e. The molecule has 2 rings (SSSR count). The fraction of sp³-hybridized carbons (Fsp3) is 0.455. The van der Waals surface area contributed by atoms with E-state index in [1.165, 1.54) is 12.1 Å². The Labute approximate surface area is 92.4 Å². The zero-order valence-electron chi connectivity index (χ0n) is 8.78. The van der Waals surface area contributed by atoms with E-state index < -0.39 is 10.7 Å². The summed E-state index contributed by atoms with van der Waals surface area (Å²) in [7, 11) is 0. The van der Waals surface area contributed by atoms with Gasteiger partial charge in [0.15, 0.2) is 0 Å². The van der Waals surface area contributed by atoms with Gasteiger partial charge in [-0.05, 0) is 37.3 Å². The van der Waals surface area contributed by atoms with E-state index in [1.54, 1.807) is 0 Å². The molecule has 1 saturated carbocycles. The number of nitrogens with two attached hydrogens (primary N) is 1. The summed E-state index contributed by atoms with van der Waals surface area (Å²) < 4.78 is 13.4. The summed E-state index contributed by atoms with van der Waals surface area (Å²) in [5.41, 5.74) is 6.04. The van der Waals surface area contributed by atoms with Gasteiger partial charge in [-0.1, -0.05) is 0 Å². The first kappa shape index (κ1) is 11.0. The van der Waals surface area contributed by atoms with Crippen molar-refractivity contribution in [2.24, 2.45) is 5.73 Å². The van der Waals surface area contributed by atoms with E-state index in [0.29, 0.717) is 18.4 Å². The smallest absolute Gasteiger partial charge is 0.269 e. The lowest BCUT2D eigenvalue weighted by atomic mass is 10.0. The van der Waals surface area contributed by atoms with E-state index in [4.69, 9.17) is 5.73 Å². The molecule has 2 N–H and O–H groups in total. The van der Waals surface area contributed by atoms with Crippen LogP contribution in [-0.2, 0) is 6.42 Å². The van der Waals surface area contributed by atoms with Crippen molar-refractivity contribution in [2.75, 3.05) is 0 Å². The van der Waals surface area contributed by atoms with Crippen LogP contribution in [0.25, 0.3) is 0 Å². The SMILES string of the molecule is NC1(CCc2cc([N+](=O)[O-])ccc2F)CC1. The number of hydrogen-bond acceptors (Lipinski definition) is 3. The first-order valence-corrected chi connectivity index (χ1v) is 5.22. The molecule has 5 heteroatoms. The Balaban J connectivity index is 2.12. The predicted octanol–water partition coefficient (Wildman–Crippen LogP) is 2.16. The monoisotopic (exact) mass is 224 g/mol. The molecule has 1 aliphatic rings. The zero-order valence-corrected chi connectivity index (χ0v) is 8.78. The van der Waals surface area contributed by atoms with Crippen LogP contribution in [0.3, 0.4) is 0 Å². The van der Waals surface area contributed by atoms with Gasteiger partial charge in [-0.2, -0.15) is 0 Å². The fourth-order valence-corrected chi connectivity index (χ4v) is 1.66. The molecule has 0 radical (unpaired) electrons. The van der Waals surface area contributed by atoms with Gasteiger partial charge >= 0.3 is 0 Å². The van der Waals surface area contributed by atoms with Crippen LogP contribution in [-0.4, -0.2) is 10.5 Å². The summed E-state index contributed by atoms with van der Waals surface area (Å²) in [5.74, 6) is -0.394. The molecule has 0 bridgehead atoms. The molecule has 0 atom stereocenters. The first-order chi connectivity index (χ1) is 7.50. The molecule has 4 nitrogen and oxygen atoms in total. The van der Waals surface area contributed by atoms with Crippen LogP contribution in [0.4, 0.5) is 10.1 Å². The summed E-state index contributed by atoms with van der Waals surface area (Å²) in [6.07, 6.45) is 3.07. The highest BCUT2D eigenvalue weighted by Gasteiger charge is 2.37. The molecule has 0 amide bonds. The highest BCUT2D eigenvalue weighted by atomic mass is 19.1. The van der Waals surface area contributed by atoms with Crippen LogP contribution in [0, 0.1) is 15.9 Å². The Hall–Kier alpha value is -1.49. The van der Waals surface area contributed by atoms with Gasteiger partial charge in [0.2, 0.25) is 0 Å². The number of halogens is 1. The summed E-state index contributed by atoms with van der Waals surface area (Å²) in [6, 6.07) is 3.61. The van der Waals surface area contributed by atoms with Crippen molar-refractivity contribution < 1.29 is 9.31 Å². The van der Waals surface area contributed by atoms with Gasteiger partial charge in [0.05, 0.1) is 4.92 Å². The summed E-state index contributed by atoms with van der Waals surface area (Å²) in [6.45, 7) is 0. The third kappa shape index (κ3) is 2.36. The normalized spacial score (nSPS) is 17.1. The minimum atomic E-state index is -0.516. The molecule has 0 saturated heterocycles. The van der Waals surface area contributed by atoms with E-state index in [9.17, 15) is 14.5 Å². The first-order valence-electron chi connectivity index (χ1n) is 5.22. The molecule has 1 aliphatic carbocycles. The number of nitro groups is 1. The Morgan fingerprint density at radius 1 is 1.50 bits per heavy atom. The molecule has 0 unspecified atom stereocenters. The van der Waals surface area contributed by atoms with E-state index in [1.807, 2.05) is 0 Å². The molecule has 1 aromatic rings. The average molecular weight is 224 g/mol. The van der Waals surface area contributed by atoms with Gasteiger partial charge in [-0.3, -0.25) is 10.1 Å². The Morgan fingerprint density at radius 2 is 2.19 bits per heavy atom. The molecular weight excluding hydrogens is 211 g/mol. The van der Waals surface area contributed by atoms with Gasteiger partial charge in [0.1, 0.15) is 5.82 Å². The molecule has 1 fully saturated rings. The lowest BCUT2D eigenvalue weighted by Crippen LogP contribution is -2.22. The number of aryl methyl sites for hydroxylation is 1. The number of nitrogens with zero attached hydrogens (tertiary/aromatic N) is 1. The maximum absolute atomic E-state index is 13.4. The molecule has 86 valence electrons. The number of nitro benzene ring substituents is 1. The second-order valence-corrected chi connectivity index (χ2v) is 4.40. The minimum absolute atomic E-state index is 0.0710. The number of hydrogen-bond donors (Lipinski definition) is 1. The Bertz CT molecular complexity index is 430. The van der Waals surface area contributed by atoms with Crippen LogP contribution in [0.5, 0.6) is 0 Å². The van der Waals surface area contributed by atoms with Crippen molar-refractivity contribution in [3.05, 3.63) is 39.7 Å². The average Bonchev–Trinajstić information content (AvgIpc) is 2.95. The van der Waals surface area contributed by atoms with Crippen molar-refractivity contribution in [3.63, 3.8) is 0 Å². The van der Waals surface area contributed by atoms with Crippen molar-refractivity contribution in [1.29, 1.82) is 0 Å². The van der Waals surface area contributed by atoms with Crippen LogP contribution in [0.2, 0.25) is 0 Å². The zero-order chi connectivity index (χ0) is 11.8. The van der Waals surface area contributed by atoms with E-state index in [-0.39, 0.29) is 11.2 Å². The fourth-order valence-electron chi connectivity index (χ4n) is 1.66. The summed E-state index contributed by atoms with van der Waals surface area (Å²) in [4.78, 5) is 10.0. The Morgan fingerprint density at radius 3 is 2.75 bits per heavy atom. The van der Waals surface area contributed by atoms with Gasteiger partial charge in [0.25, 0.3) is 5.69 Å². The quantitative estimate of drug-likeness (QED) is 0.629. The van der Waals surface area contributed by atoms with Gasteiger partial charge < -0.3 is 5.73 Å². The number of non-ortho nitro benzene ring substituents is 1. The third-order valence-corrected chi connectivity index (χ3v) is 3.02. The standard InChI is InChI=1S/C11H13FN2O2/c12-10-2-1-9(14(15)16)7-8(10)3-4-11(13)5-6-11/h1-2,7H,3-6,13H2. The van der Waals surface area contributed by atoms with Crippen molar-refractivity contribution >= 4 is 5.69 Å². The molecule has 16 heavy (non-hydrogen) atoms. The molecular formula is C11H13FN2O2. The third-order valence-electron chi connectivity index (χ3n) is 3.02. The lowest BCUT2D eigenvalue weighted by Gasteiger charge is -2.08. The second kappa shape index (κ2) is 3.83. The van der Waals surface area contributed by atoms with Crippen LogP contribution >= 0.6 is 0 Å². The molecule has 0 heterocycles. The van der Waals surface area contributed by atoms with E-state index >= 15 is 0 Å². The predicted molar refractivity (Wildman–Crippen MR) is 57.5 cm³/mol. The highest BCUT2D eigenvalue weighted by Crippen LogP contribution is 2.36. The van der Waals surface area contributed by atoms with Gasteiger partial charge in [-0.15, -0.1) is 0 Å². The van der Waals surface area contributed by atoms with Gasteiger partial charge in [0, 0.05) is 17.7 Å². The van der Waals surface area contributed by atoms with Crippen molar-refractivity contribution in [3.8, 4) is 0 Å². The Kier molecular flexibility index (Phi) is 2.63. The number of benzene rings is 1. The van der Waals surface area contributed by atoms with Crippen molar-refractivity contribution in [2.45, 2.75) is 31.2 Å².